The molecule has 1 saturated carbocycles. The maximum atomic E-state index is 14.2. The second kappa shape index (κ2) is 8.21. The normalized spacial score (nSPS) is 35.1. The molecular formula is C24H32F2N4O2. The van der Waals surface area contributed by atoms with E-state index in [1.54, 1.807) is 0 Å². The lowest BCUT2D eigenvalue weighted by atomic mass is 9.59. The van der Waals surface area contributed by atoms with Gasteiger partial charge in [0.25, 0.3) is 0 Å². The van der Waals surface area contributed by atoms with Crippen LogP contribution in [-0.2, 0) is 16.0 Å². The lowest BCUT2D eigenvalue weighted by Crippen LogP contribution is -2.56. The average molecular weight is 447 g/mol. The van der Waals surface area contributed by atoms with Crippen LogP contribution in [0.15, 0.2) is 36.2 Å². The summed E-state index contributed by atoms with van der Waals surface area (Å²) < 4.78 is 34.3. The molecule has 32 heavy (non-hydrogen) atoms. The molecule has 5 atom stereocenters. The van der Waals surface area contributed by atoms with E-state index in [-0.39, 0.29) is 37.0 Å². The molecule has 3 unspecified atom stereocenters. The highest BCUT2D eigenvalue weighted by Gasteiger charge is 2.56. The number of anilines is 1. The number of carbonyl (C=O) groups excluding carboxylic acids is 1. The number of aromatic nitrogens is 2. The summed E-state index contributed by atoms with van der Waals surface area (Å²) in [4.78, 5) is 26.3. The van der Waals surface area contributed by atoms with Crippen LogP contribution in [0.5, 0.6) is 0 Å². The van der Waals surface area contributed by atoms with Gasteiger partial charge in [-0.05, 0) is 56.1 Å². The van der Waals surface area contributed by atoms with Crippen molar-refractivity contribution in [2.75, 3.05) is 24.6 Å². The van der Waals surface area contributed by atoms with Crippen molar-refractivity contribution in [3.8, 4) is 0 Å². The number of halogens is 2. The monoisotopic (exact) mass is 446 g/mol. The minimum atomic E-state index is -0.693. The number of hydrogen-bond acceptors (Lipinski definition) is 5. The van der Waals surface area contributed by atoms with E-state index in [4.69, 9.17) is 4.74 Å². The van der Waals surface area contributed by atoms with Gasteiger partial charge >= 0.3 is 0 Å². The quantitative estimate of drug-likeness (QED) is 0.697. The summed E-state index contributed by atoms with van der Waals surface area (Å²) in [6, 6.07) is -0.0599. The molecule has 1 aromatic heterocycles. The van der Waals surface area contributed by atoms with Crippen molar-refractivity contribution >= 4 is 11.9 Å². The summed E-state index contributed by atoms with van der Waals surface area (Å²) in [5.41, 5.74) is 0.376. The molecule has 1 aromatic rings. The van der Waals surface area contributed by atoms with Gasteiger partial charge in [0.1, 0.15) is 17.4 Å². The molecular weight excluding hydrogens is 414 g/mol. The minimum absolute atomic E-state index is 0. The first-order valence-corrected chi connectivity index (χ1v) is 11.7. The van der Waals surface area contributed by atoms with E-state index in [2.05, 4.69) is 16.9 Å². The highest BCUT2D eigenvalue weighted by molar-refractivity contribution is 5.78. The summed E-state index contributed by atoms with van der Waals surface area (Å²) >= 11 is 0. The van der Waals surface area contributed by atoms with Crippen molar-refractivity contribution in [2.24, 2.45) is 17.8 Å². The molecule has 2 saturated heterocycles. The van der Waals surface area contributed by atoms with Gasteiger partial charge < -0.3 is 14.5 Å². The van der Waals surface area contributed by atoms with Crippen LogP contribution in [0.4, 0.5) is 14.7 Å². The molecule has 8 heteroatoms. The highest BCUT2D eigenvalue weighted by Crippen LogP contribution is 2.55. The first-order chi connectivity index (χ1) is 15.4. The topological polar surface area (TPSA) is 58.6 Å². The predicted molar refractivity (Wildman–Crippen MR) is 118 cm³/mol. The van der Waals surface area contributed by atoms with E-state index >= 15 is 0 Å². The Kier molecular flexibility index (Phi) is 5.51. The number of carbonyl (C=O) groups is 1. The molecule has 2 aliphatic heterocycles. The second-order valence-corrected chi connectivity index (χ2v) is 9.54. The summed E-state index contributed by atoms with van der Waals surface area (Å²) in [7, 11) is 0. The van der Waals surface area contributed by atoms with Crippen LogP contribution in [-0.4, -0.2) is 52.2 Å². The van der Waals surface area contributed by atoms with Crippen LogP contribution in [0.2, 0.25) is 0 Å². The molecule has 0 spiro atoms. The molecule has 1 amide bonds. The van der Waals surface area contributed by atoms with E-state index in [0.29, 0.717) is 38.5 Å². The largest absolute Gasteiger partial charge is 0.354 e. The fourth-order valence-corrected chi connectivity index (χ4v) is 5.87. The number of rotatable bonds is 3. The summed E-state index contributed by atoms with van der Waals surface area (Å²) in [5.74, 6) is -0.634. The zero-order chi connectivity index (χ0) is 22.5. The summed E-state index contributed by atoms with van der Waals surface area (Å²) in [6.45, 7) is 5.60. The van der Waals surface area contributed by atoms with Crippen LogP contribution in [0.25, 0.3) is 0 Å². The minimum Gasteiger partial charge on any atom is -0.354 e. The van der Waals surface area contributed by atoms with Gasteiger partial charge in [-0.25, -0.2) is 18.7 Å². The molecule has 5 rings (SSSR count). The third-order valence-corrected chi connectivity index (χ3v) is 7.73. The van der Waals surface area contributed by atoms with Crippen molar-refractivity contribution in [1.29, 1.82) is 0 Å². The molecule has 0 bridgehead atoms. The molecule has 4 aliphatic rings. The predicted octanol–water partition coefficient (Wildman–Crippen LogP) is 4.19. The number of aryl methyl sites for hydroxylation is 1. The SMILES string of the molecule is CCc1cnc(N2CCO[C@]3(C)CC[C@@H](C4CC5C(F)=CC(F)=CC54)N3C(=O)CC2)nc1.[HH]. The molecule has 3 heterocycles. The van der Waals surface area contributed by atoms with Gasteiger partial charge in [0.05, 0.1) is 6.61 Å². The van der Waals surface area contributed by atoms with Crippen molar-refractivity contribution < 1.29 is 19.7 Å². The maximum Gasteiger partial charge on any atom is 0.226 e. The summed E-state index contributed by atoms with van der Waals surface area (Å²) in [6.07, 6.45) is 9.55. The summed E-state index contributed by atoms with van der Waals surface area (Å²) in [5, 5.41) is 0. The molecule has 2 aliphatic carbocycles. The molecule has 6 nitrogen and oxygen atoms in total. The number of amides is 1. The second-order valence-electron chi connectivity index (χ2n) is 9.54. The van der Waals surface area contributed by atoms with E-state index < -0.39 is 11.6 Å². The fourth-order valence-electron chi connectivity index (χ4n) is 5.87. The Labute approximate surface area is 188 Å². The van der Waals surface area contributed by atoms with Gasteiger partial charge in [0.2, 0.25) is 11.9 Å². The van der Waals surface area contributed by atoms with Crippen LogP contribution in [0.1, 0.15) is 46.5 Å². The van der Waals surface area contributed by atoms with Crippen molar-refractivity contribution in [2.45, 2.75) is 57.7 Å². The van der Waals surface area contributed by atoms with Crippen LogP contribution in [0.3, 0.4) is 0 Å². The lowest BCUT2D eigenvalue weighted by molar-refractivity contribution is -0.170. The van der Waals surface area contributed by atoms with E-state index in [9.17, 15) is 13.6 Å². The smallest absolute Gasteiger partial charge is 0.226 e. The van der Waals surface area contributed by atoms with Crippen molar-refractivity contribution in [1.82, 2.24) is 14.9 Å². The number of nitrogens with zero attached hydrogens (tertiary/aromatic N) is 4. The standard InChI is InChI=1S/C24H30F2N4O2.H2/c1-3-15-13-27-23(28-14-15)29-7-5-22(31)30-21(4-6-24(30,2)32-9-8-29)19-12-18-17(19)10-16(25)11-20(18)26;/h10-11,13-14,17-19,21H,3-9,12H2,1-2H3;1H/t17?,18?,19?,21-,24+;/m0./s1. The number of allylic oxidation sites excluding steroid dienone is 4. The van der Waals surface area contributed by atoms with Gasteiger partial charge in [0.15, 0.2) is 0 Å². The van der Waals surface area contributed by atoms with Gasteiger partial charge in [-0.3, -0.25) is 4.79 Å². The van der Waals surface area contributed by atoms with E-state index in [1.807, 2.05) is 29.1 Å². The highest BCUT2D eigenvalue weighted by atomic mass is 19.1. The van der Waals surface area contributed by atoms with Crippen LogP contribution < -0.4 is 4.90 Å². The number of hydrogen-bond donors (Lipinski definition) is 0. The maximum absolute atomic E-state index is 14.2. The van der Waals surface area contributed by atoms with Crippen molar-refractivity contribution in [3.63, 3.8) is 0 Å². The molecule has 0 radical (unpaired) electrons. The van der Waals surface area contributed by atoms with Gasteiger partial charge in [-0.15, -0.1) is 0 Å². The van der Waals surface area contributed by atoms with Gasteiger partial charge in [0, 0.05) is 51.4 Å². The Bertz CT molecular complexity index is 956. The van der Waals surface area contributed by atoms with Crippen molar-refractivity contribution in [3.05, 3.63) is 41.8 Å². The Morgan fingerprint density at radius 1 is 1.28 bits per heavy atom. The number of fused-ring (bicyclic) bond motifs is 2. The first-order valence-electron chi connectivity index (χ1n) is 11.7. The molecule has 0 aromatic carbocycles. The molecule has 0 N–H and O–H groups in total. The average Bonchev–Trinajstić information content (AvgIpc) is 3.11. The fraction of sp³-hybridized carbons (Fsp3) is 0.625. The third-order valence-electron chi connectivity index (χ3n) is 7.73. The number of ether oxygens (including phenoxy) is 1. The molecule has 3 fully saturated rings. The Morgan fingerprint density at radius 3 is 2.81 bits per heavy atom. The zero-order valence-electron chi connectivity index (χ0n) is 18.6. The van der Waals surface area contributed by atoms with E-state index in [1.165, 1.54) is 6.08 Å². The lowest BCUT2D eigenvalue weighted by Gasteiger charge is -2.50. The molecule has 174 valence electrons. The third kappa shape index (κ3) is 3.62. The Morgan fingerprint density at radius 2 is 2.06 bits per heavy atom. The Balaban J connectivity index is 0.00000259. The van der Waals surface area contributed by atoms with Gasteiger partial charge in [-0.1, -0.05) is 6.92 Å². The van der Waals surface area contributed by atoms with Gasteiger partial charge in [-0.2, -0.15) is 0 Å². The zero-order valence-corrected chi connectivity index (χ0v) is 18.6. The van der Waals surface area contributed by atoms with E-state index in [0.717, 1.165) is 30.9 Å². The first kappa shape index (κ1) is 21.5. The van der Waals surface area contributed by atoms with Crippen LogP contribution in [0, 0.1) is 17.8 Å². The Hall–Kier alpha value is -2.35. The van der Waals surface area contributed by atoms with Crippen LogP contribution >= 0.6 is 0 Å².